The molecule has 0 spiro atoms. The first-order valence-electron chi connectivity index (χ1n) is 19.8. The van der Waals surface area contributed by atoms with E-state index in [1.165, 1.54) is 36.1 Å². The van der Waals surface area contributed by atoms with E-state index < -0.39 is 59.3 Å². The molecule has 5 heterocycles. The number of nitriles is 1. The minimum Gasteiger partial charge on any atom is -0.386 e. The number of aryl methyl sites for hydroxylation is 1. The molecule has 3 N–H and O–H groups in total. The molecule has 1 saturated carbocycles. The molecule has 0 bridgehead atoms. The average Bonchev–Trinajstić information content (AvgIpc) is 3.72. The first-order valence-corrected chi connectivity index (χ1v) is 19.8. The molecule has 2 aromatic carbocycles. The Hall–Kier alpha value is -5.86. The monoisotopic (exact) mass is 811 g/mol. The number of likely N-dealkylation sites (tertiary alicyclic amines) is 1. The van der Waals surface area contributed by atoms with Crippen molar-refractivity contribution in [1.29, 1.82) is 5.26 Å². The summed E-state index contributed by atoms with van der Waals surface area (Å²) >= 11 is 0. The van der Waals surface area contributed by atoms with E-state index >= 15 is 13.2 Å². The third-order valence-electron chi connectivity index (χ3n) is 12.2. The molecule has 2 saturated heterocycles. The number of hydrogen-bond acceptors (Lipinski definition) is 9. The van der Waals surface area contributed by atoms with Crippen molar-refractivity contribution in [3.8, 4) is 6.07 Å². The second kappa shape index (κ2) is 15.1. The van der Waals surface area contributed by atoms with Gasteiger partial charge in [-0.1, -0.05) is 0 Å². The number of imidazole rings is 1. The minimum absolute atomic E-state index is 0.0149. The number of rotatable bonds is 8. The van der Waals surface area contributed by atoms with Crippen LogP contribution in [-0.4, -0.2) is 77.2 Å². The molecule has 0 radical (unpaired) electrons. The minimum atomic E-state index is -3.32. The van der Waals surface area contributed by atoms with Crippen LogP contribution in [0.1, 0.15) is 104 Å². The average molecular weight is 812 g/mol. The molecule has 3 fully saturated rings. The van der Waals surface area contributed by atoms with Crippen LogP contribution in [0.3, 0.4) is 0 Å². The molecular formula is C42H44F3N9O5. The van der Waals surface area contributed by atoms with Gasteiger partial charge in [-0.2, -0.15) is 10.4 Å². The van der Waals surface area contributed by atoms with Crippen LogP contribution in [-0.2, 0) is 22.2 Å². The lowest BCUT2D eigenvalue weighted by Gasteiger charge is -2.41. The number of halogens is 3. The fraction of sp³-hybridized carbons (Fsp3) is 0.452. The van der Waals surface area contributed by atoms with E-state index in [1.54, 1.807) is 30.9 Å². The predicted molar refractivity (Wildman–Crippen MR) is 210 cm³/mol. The predicted octanol–water partition coefficient (Wildman–Crippen LogP) is 5.41. The van der Waals surface area contributed by atoms with Crippen molar-refractivity contribution >= 4 is 45.3 Å². The van der Waals surface area contributed by atoms with Crippen molar-refractivity contribution in [2.75, 3.05) is 25.0 Å². The lowest BCUT2D eigenvalue weighted by Crippen LogP contribution is -2.49. The Morgan fingerprint density at radius 3 is 2.54 bits per heavy atom. The number of benzene rings is 2. The van der Waals surface area contributed by atoms with Crippen LogP contribution in [0.5, 0.6) is 0 Å². The largest absolute Gasteiger partial charge is 0.386 e. The molecular weight excluding hydrogens is 768 g/mol. The van der Waals surface area contributed by atoms with Crippen LogP contribution in [0.4, 0.5) is 18.9 Å². The summed E-state index contributed by atoms with van der Waals surface area (Å²) in [6.07, 6.45) is 7.77. The van der Waals surface area contributed by atoms with Gasteiger partial charge < -0.3 is 10.4 Å². The SMILES string of the molecule is Cn1c(=O)n(C2CCC(=O)NC2=O)c2ccc(F)c(C3CCN(CC4CCC(n5cc6cc(NC(=O)c7cncc(C#N)c7)c(C(C)(C)O)cc6n5)CC4)CC3(F)F)c21. The fourth-order valence-electron chi connectivity index (χ4n) is 9.23. The third kappa shape index (κ3) is 7.51. The van der Waals surface area contributed by atoms with E-state index in [0.717, 1.165) is 41.7 Å². The Bertz CT molecular complexity index is 2610. The smallest absolute Gasteiger partial charge is 0.329 e. The Labute approximate surface area is 336 Å². The van der Waals surface area contributed by atoms with Crippen molar-refractivity contribution in [2.24, 2.45) is 13.0 Å². The highest BCUT2D eigenvalue weighted by atomic mass is 19.3. The summed E-state index contributed by atoms with van der Waals surface area (Å²) in [5.41, 5.74) is -0.0622. The van der Waals surface area contributed by atoms with Gasteiger partial charge in [0.15, 0.2) is 0 Å². The van der Waals surface area contributed by atoms with E-state index in [4.69, 9.17) is 5.10 Å². The highest BCUT2D eigenvalue weighted by Crippen LogP contribution is 2.45. The number of nitrogens with one attached hydrogen (secondary N) is 2. The van der Waals surface area contributed by atoms with Crippen molar-refractivity contribution in [3.05, 3.63) is 87.5 Å². The van der Waals surface area contributed by atoms with Gasteiger partial charge in [0.2, 0.25) is 11.8 Å². The number of hydrogen-bond donors (Lipinski definition) is 3. The highest BCUT2D eigenvalue weighted by molar-refractivity contribution is 6.06. The number of imide groups is 1. The number of anilines is 1. The molecule has 3 amide bonds. The van der Waals surface area contributed by atoms with Gasteiger partial charge in [0, 0.05) is 60.8 Å². The van der Waals surface area contributed by atoms with Gasteiger partial charge in [0.25, 0.3) is 11.8 Å². The molecule has 5 aromatic rings. The van der Waals surface area contributed by atoms with E-state index in [9.17, 15) is 29.5 Å². The quantitative estimate of drug-likeness (QED) is 0.173. The lowest BCUT2D eigenvalue weighted by molar-refractivity contribution is -0.135. The zero-order chi connectivity index (χ0) is 42.0. The second-order valence-electron chi connectivity index (χ2n) is 16.7. The maximum absolute atomic E-state index is 16.2. The van der Waals surface area contributed by atoms with Crippen molar-refractivity contribution < 1.29 is 32.7 Å². The molecule has 3 aromatic heterocycles. The van der Waals surface area contributed by atoms with Gasteiger partial charge in [-0.05, 0) is 95.2 Å². The molecule has 308 valence electrons. The number of piperidine rings is 2. The molecule has 1 aliphatic carbocycles. The Morgan fingerprint density at radius 2 is 1.85 bits per heavy atom. The van der Waals surface area contributed by atoms with Crippen LogP contribution >= 0.6 is 0 Å². The number of carbonyl (C=O) groups excluding carboxylic acids is 3. The van der Waals surface area contributed by atoms with Gasteiger partial charge in [-0.15, -0.1) is 0 Å². The Morgan fingerprint density at radius 1 is 1.08 bits per heavy atom. The molecule has 17 heteroatoms. The molecule has 8 rings (SSSR count). The molecule has 2 unspecified atom stereocenters. The number of nitrogens with zero attached hydrogens (tertiary/aromatic N) is 7. The first-order chi connectivity index (χ1) is 28.0. The van der Waals surface area contributed by atoms with Crippen LogP contribution in [0.15, 0.2) is 53.7 Å². The van der Waals surface area contributed by atoms with Crippen LogP contribution < -0.4 is 16.3 Å². The van der Waals surface area contributed by atoms with E-state index in [0.29, 0.717) is 29.9 Å². The van der Waals surface area contributed by atoms with E-state index in [1.807, 2.05) is 16.9 Å². The van der Waals surface area contributed by atoms with Gasteiger partial charge in [0.05, 0.1) is 51.8 Å². The van der Waals surface area contributed by atoms with Gasteiger partial charge in [-0.25, -0.2) is 18.0 Å². The normalized spacial score (nSPS) is 22.7. The number of aromatic nitrogens is 5. The van der Waals surface area contributed by atoms with E-state index in [-0.39, 0.29) is 58.9 Å². The number of fused-ring (bicyclic) bond motifs is 2. The van der Waals surface area contributed by atoms with Crippen molar-refractivity contribution in [2.45, 2.75) is 88.3 Å². The zero-order valence-corrected chi connectivity index (χ0v) is 32.8. The number of alkyl halides is 2. The van der Waals surface area contributed by atoms with E-state index in [2.05, 4.69) is 15.6 Å². The van der Waals surface area contributed by atoms with Crippen LogP contribution in [0.2, 0.25) is 0 Å². The maximum Gasteiger partial charge on any atom is 0.329 e. The molecule has 2 atom stereocenters. The van der Waals surface area contributed by atoms with Crippen LogP contribution in [0, 0.1) is 23.1 Å². The topological polar surface area (TPSA) is 180 Å². The summed E-state index contributed by atoms with van der Waals surface area (Å²) in [6.45, 7) is 3.43. The lowest BCUT2D eigenvalue weighted by atomic mass is 9.82. The second-order valence-corrected chi connectivity index (χ2v) is 16.7. The fourth-order valence-corrected chi connectivity index (χ4v) is 9.23. The summed E-state index contributed by atoms with van der Waals surface area (Å²) in [5.74, 6) is -7.09. The standard InChI is InChI=1S/C42H44F3N9O5/c1-41(2,59)29-16-31-26(15-32(29)48-38(56)25-14-24(17-46)18-47-19-25)21-53(50-31)27-6-4-23(5-7-27)20-52-13-12-28(42(44,45)22-52)36-30(43)8-9-33-37(36)51(3)40(58)54(33)34-10-11-35(55)49-39(34)57/h8-9,14-16,18-19,21,23,27-28,34,59H,4-7,10-13,20,22H2,1-3H3,(H,48,56)(H,49,55,57). The van der Waals surface area contributed by atoms with Gasteiger partial charge in [-0.3, -0.25) is 43.4 Å². The number of aliphatic hydroxyl groups is 1. The maximum atomic E-state index is 16.2. The van der Waals surface area contributed by atoms with Gasteiger partial charge >= 0.3 is 5.69 Å². The number of carbonyl (C=O) groups is 3. The Balaban J connectivity index is 0.940. The van der Waals surface area contributed by atoms with Crippen molar-refractivity contribution in [1.82, 2.24) is 34.1 Å². The molecule has 2 aliphatic heterocycles. The van der Waals surface area contributed by atoms with Crippen LogP contribution in [0.25, 0.3) is 21.9 Å². The summed E-state index contributed by atoms with van der Waals surface area (Å²) in [7, 11) is 1.38. The number of pyridine rings is 1. The molecule has 3 aliphatic rings. The number of amides is 3. The molecule has 14 nitrogen and oxygen atoms in total. The zero-order valence-electron chi connectivity index (χ0n) is 32.8. The van der Waals surface area contributed by atoms with Gasteiger partial charge in [0.1, 0.15) is 17.9 Å². The van der Waals surface area contributed by atoms with Crippen molar-refractivity contribution in [3.63, 3.8) is 0 Å². The summed E-state index contributed by atoms with van der Waals surface area (Å²) in [4.78, 5) is 56.7. The third-order valence-corrected chi connectivity index (χ3v) is 12.2. The summed E-state index contributed by atoms with van der Waals surface area (Å²) in [5, 5.41) is 30.9. The first kappa shape index (κ1) is 39.9. The summed E-state index contributed by atoms with van der Waals surface area (Å²) in [6, 6.07) is 8.36. The highest BCUT2D eigenvalue weighted by Gasteiger charge is 2.48. The summed E-state index contributed by atoms with van der Waals surface area (Å²) < 4.78 is 52.2. The molecule has 59 heavy (non-hydrogen) atoms. The Kier molecular flexibility index (Phi) is 10.2.